The lowest BCUT2D eigenvalue weighted by Crippen LogP contribution is -2.45. The predicted octanol–water partition coefficient (Wildman–Crippen LogP) is 2.89. The summed E-state index contributed by atoms with van der Waals surface area (Å²) in [6.45, 7) is 0.320. The standard InChI is InChI=1S/C20H22FN3O3/c21-15-4-6-16(7-5-15)24-13-14(12-23-24)11-22-19(26)17-10-18(25)27-20(17)8-2-1-3-9-20/h4-7,12-13,17H,1-3,8-11H2,(H,22,26)/t17-/m0/s1. The summed E-state index contributed by atoms with van der Waals surface area (Å²) in [4.78, 5) is 24.6. The average molecular weight is 371 g/mol. The van der Waals surface area contributed by atoms with Crippen molar-refractivity contribution >= 4 is 11.9 Å². The number of aromatic nitrogens is 2. The fourth-order valence-corrected chi connectivity index (χ4v) is 4.12. The van der Waals surface area contributed by atoms with Gasteiger partial charge in [0, 0.05) is 18.3 Å². The van der Waals surface area contributed by atoms with Gasteiger partial charge in [-0.1, -0.05) is 6.42 Å². The lowest BCUT2D eigenvalue weighted by atomic mass is 9.75. The average Bonchev–Trinajstić information content (AvgIpc) is 3.26. The van der Waals surface area contributed by atoms with E-state index in [1.54, 1.807) is 29.2 Å². The molecule has 1 aliphatic heterocycles. The van der Waals surface area contributed by atoms with Gasteiger partial charge in [0.05, 0.1) is 24.2 Å². The Bertz CT molecular complexity index is 840. The summed E-state index contributed by atoms with van der Waals surface area (Å²) in [7, 11) is 0. The van der Waals surface area contributed by atoms with E-state index < -0.39 is 11.5 Å². The van der Waals surface area contributed by atoms with Crippen LogP contribution in [0.15, 0.2) is 36.7 Å². The first kappa shape index (κ1) is 17.7. The smallest absolute Gasteiger partial charge is 0.307 e. The van der Waals surface area contributed by atoms with E-state index in [1.807, 2.05) is 0 Å². The first-order valence-electron chi connectivity index (χ1n) is 9.35. The van der Waals surface area contributed by atoms with Gasteiger partial charge in [0.25, 0.3) is 0 Å². The lowest BCUT2D eigenvalue weighted by Gasteiger charge is -2.36. The Morgan fingerprint density at radius 1 is 1.26 bits per heavy atom. The van der Waals surface area contributed by atoms with Gasteiger partial charge in [-0.05, 0) is 49.9 Å². The molecule has 1 aromatic carbocycles. The molecule has 6 nitrogen and oxygen atoms in total. The van der Waals surface area contributed by atoms with Crippen molar-refractivity contribution in [1.82, 2.24) is 15.1 Å². The third kappa shape index (κ3) is 3.59. The second kappa shape index (κ2) is 7.13. The van der Waals surface area contributed by atoms with E-state index in [1.165, 1.54) is 12.1 Å². The predicted molar refractivity (Wildman–Crippen MR) is 95.4 cm³/mol. The van der Waals surface area contributed by atoms with Gasteiger partial charge in [0.2, 0.25) is 5.91 Å². The second-order valence-electron chi connectivity index (χ2n) is 7.34. The third-order valence-electron chi connectivity index (χ3n) is 5.53. The molecule has 2 aliphatic rings. The third-order valence-corrected chi connectivity index (χ3v) is 5.53. The molecular formula is C20H22FN3O3. The van der Waals surface area contributed by atoms with Gasteiger partial charge in [-0.15, -0.1) is 0 Å². The number of hydrogen-bond donors (Lipinski definition) is 1. The number of amides is 1. The summed E-state index contributed by atoms with van der Waals surface area (Å²) in [5.41, 5.74) is 0.957. The zero-order chi connectivity index (χ0) is 18.9. The lowest BCUT2D eigenvalue weighted by molar-refractivity contribution is -0.153. The van der Waals surface area contributed by atoms with Crippen LogP contribution in [0.25, 0.3) is 5.69 Å². The number of nitrogens with zero attached hydrogens (tertiary/aromatic N) is 2. The first-order valence-corrected chi connectivity index (χ1v) is 9.35. The van der Waals surface area contributed by atoms with Gasteiger partial charge in [-0.25, -0.2) is 9.07 Å². The van der Waals surface area contributed by atoms with Crippen molar-refractivity contribution < 1.29 is 18.7 Å². The van der Waals surface area contributed by atoms with E-state index in [-0.39, 0.29) is 24.1 Å². The summed E-state index contributed by atoms with van der Waals surface area (Å²) in [5, 5.41) is 7.17. The van der Waals surface area contributed by atoms with E-state index in [2.05, 4.69) is 10.4 Å². The summed E-state index contributed by atoms with van der Waals surface area (Å²) in [5.74, 6) is -1.14. The minimum atomic E-state index is -0.613. The molecular weight excluding hydrogens is 349 g/mol. The topological polar surface area (TPSA) is 73.2 Å². The monoisotopic (exact) mass is 371 g/mol. The Hall–Kier alpha value is -2.70. The summed E-state index contributed by atoms with van der Waals surface area (Å²) in [6.07, 6.45) is 8.23. The summed E-state index contributed by atoms with van der Waals surface area (Å²) >= 11 is 0. The molecule has 2 heterocycles. The molecule has 4 rings (SSSR count). The minimum Gasteiger partial charge on any atom is -0.458 e. The Morgan fingerprint density at radius 2 is 2.00 bits per heavy atom. The number of esters is 1. The number of ether oxygens (including phenoxy) is 1. The Kier molecular flexibility index (Phi) is 4.68. The molecule has 1 aliphatic carbocycles. The minimum absolute atomic E-state index is 0.141. The Labute approximate surface area is 156 Å². The van der Waals surface area contributed by atoms with Gasteiger partial charge in [0.1, 0.15) is 11.4 Å². The SMILES string of the molecule is O=C1C[C@@H](C(=O)NCc2cnn(-c3ccc(F)cc3)c2)C2(CCCCC2)O1. The molecule has 1 spiro atoms. The summed E-state index contributed by atoms with van der Waals surface area (Å²) < 4.78 is 20.3. The molecule has 1 aromatic heterocycles. The number of carbonyl (C=O) groups excluding carboxylic acids is 2. The molecule has 2 aromatic rings. The molecule has 1 saturated carbocycles. The normalized spacial score (nSPS) is 21.2. The number of halogens is 1. The molecule has 142 valence electrons. The zero-order valence-electron chi connectivity index (χ0n) is 15.0. The molecule has 2 fully saturated rings. The number of carbonyl (C=O) groups is 2. The van der Waals surface area contributed by atoms with E-state index in [9.17, 15) is 14.0 Å². The van der Waals surface area contributed by atoms with Crippen LogP contribution >= 0.6 is 0 Å². The van der Waals surface area contributed by atoms with Crippen LogP contribution in [-0.4, -0.2) is 27.3 Å². The van der Waals surface area contributed by atoms with Gasteiger partial charge in [-0.2, -0.15) is 5.10 Å². The van der Waals surface area contributed by atoms with Crippen LogP contribution in [0.3, 0.4) is 0 Å². The van der Waals surface area contributed by atoms with Crippen molar-refractivity contribution in [2.45, 2.75) is 50.7 Å². The van der Waals surface area contributed by atoms with Crippen LogP contribution < -0.4 is 5.32 Å². The maximum absolute atomic E-state index is 13.0. The highest BCUT2D eigenvalue weighted by Gasteiger charge is 2.52. The van der Waals surface area contributed by atoms with Crippen LogP contribution in [0.5, 0.6) is 0 Å². The number of benzene rings is 1. The van der Waals surface area contributed by atoms with Crippen LogP contribution in [0.2, 0.25) is 0 Å². The molecule has 1 N–H and O–H groups in total. The molecule has 0 radical (unpaired) electrons. The fraction of sp³-hybridized carbons (Fsp3) is 0.450. The summed E-state index contributed by atoms with van der Waals surface area (Å²) in [6, 6.07) is 6.02. The molecule has 1 atom stereocenters. The van der Waals surface area contributed by atoms with Crippen molar-refractivity contribution in [2.75, 3.05) is 0 Å². The van der Waals surface area contributed by atoms with Crippen molar-refractivity contribution in [2.24, 2.45) is 5.92 Å². The van der Waals surface area contributed by atoms with Crippen LogP contribution in [0.1, 0.15) is 44.1 Å². The maximum atomic E-state index is 13.0. The molecule has 1 amide bonds. The molecule has 1 saturated heterocycles. The molecule has 0 unspecified atom stereocenters. The van der Waals surface area contributed by atoms with Crippen molar-refractivity contribution in [3.05, 3.63) is 48.0 Å². The largest absolute Gasteiger partial charge is 0.458 e. The van der Waals surface area contributed by atoms with E-state index in [0.29, 0.717) is 6.54 Å². The maximum Gasteiger partial charge on any atom is 0.307 e. The highest BCUT2D eigenvalue weighted by molar-refractivity contribution is 5.87. The highest BCUT2D eigenvalue weighted by atomic mass is 19.1. The van der Waals surface area contributed by atoms with Crippen LogP contribution in [0.4, 0.5) is 4.39 Å². The van der Waals surface area contributed by atoms with Gasteiger partial charge in [-0.3, -0.25) is 9.59 Å². The van der Waals surface area contributed by atoms with Crippen LogP contribution in [-0.2, 0) is 20.9 Å². The van der Waals surface area contributed by atoms with Crippen LogP contribution in [0, 0.1) is 11.7 Å². The van der Waals surface area contributed by atoms with E-state index in [4.69, 9.17) is 4.74 Å². The quantitative estimate of drug-likeness (QED) is 0.839. The number of hydrogen-bond acceptors (Lipinski definition) is 4. The van der Waals surface area contributed by atoms with Gasteiger partial charge < -0.3 is 10.1 Å². The second-order valence-corrected chi connectivity index (χ2v) is 7.34. The zero-order valence-corrected chi connectivity index (χ0v) is 15.0. The van der Waals surface area contributed by atoms with Gasteiger partial charge >= 0.3 is 5.97 Å². The molecule has 27 heavy (non-hydrogen) atoms. The molecule has 7 heteroatoms. The van der Waals surface area contributed by atoms with E-state index in [0.717, 1.165) is 43.4 Å². The highest BCUT2D eigenvalue weighted by Crippen LogP contribution is 2.44. The molecule has 0 bridgehead atoms. The number of nitrogens with one attached hydrogen (secondary N) is 1. The van der Waals surface area contributed by atoms with Crippen molar-refractivity contribution in [3.8, 4) is 5.69 Å². The van der Waals surface area contributed by atoms with Gasteiger partial charge in [0.15, 0.2) is 0 Å². The van der Waals surface area contributed by atoms with Crippen molar-refractivity contribution in [3.63, 3.8) is 0 Å². The Balaban J connectivity index is 1.40. The van der Waals surface area contributed by atoms with E-state index >= 15 is 0 Å². The fourth-order valence-electron chi connectivity index (χ4n) is 4.12. The van der Waals surface area contributed by atoms with Crippen molar-refractivity contribution in [1.29, 1.82) is 0 Å². The Morgan fingerprint density at radius 3 is 2.74 bits per heavy atom. The first-order chi connectivity index (χ1) is 13.1. The number of rotatable bonds is 4.